The molecule has 1 N–H and O–H groups in total. The van der Waals surface area contributed by atoms with E-state index in [0.717, 1.165) is 67.1 Å². The smallest absolute Gasteiger partial charge is 0.161 e. The number of methoxy groups -OCH3 is 1. The molecule has 1 saturated heterocycles. The van der Waals surface area contributed by atoms with Crippen LogP contribution in [0.15, 0.2) is 17.0 Å². The molecule has 2 aliphatic rings. The van der Waals surface area contributed by atoms with E-state index in [1.54, 1.807) is 18.9 Å². The Bertz CT molecular complexity index is 795. The third-order valence-corrected chi connectivity index (χ3v) is 6.37. The van der Waals surface area contributed by atoms with E-state index in [1.165, 1.54) is 5.56 Å². The van der Waals surface area contributed by atoms with E-state index >= 15 is 0 Å². The van der Waals surface area contributed by atoms with Crippen LogP contribution >= 0.6 is 11.8 Å². The van der Waals surface area contributed by atoms with Gasteiger partial charge < -0.3 is 19.5 Å². The molecule has 2 aliphatic heterocycles. The number of hydrogen-bond acceptors (Lipinski definition) is 7. The average Bonchev–Trinajstić information content (AvgIpc) is 2.73. The van der Waals surface area contributed by atoms with Crippen molar-refractivity contribution in [2.24, 2.45) is 0 Å². The number of rotatable bonds is 7. The first-order chi connectivity index (χ1) is 14.0. The largest absolute Gasteiger partial charge is 0.493 e. The minimum absolute atomic E-state index is 0.0734. The molecule has 0 radical (unpaired) electrons. The minimum atomic E-state index is -0.0734. The summed E-state index contributed by atoms with van der Waals surface area (Å²) in [6, 6.07) is 6.50. The predicted octanol–water partition coefficient (Wildman–Crippen LogP) is 3.23. The summed E-state index contributed by atoms with van der Waals surface area (Å²) < 4.78 is 16.8. The lowest BCUT2D eigenvalue weighted by molar-refractivity contribution is 0.0410. The number of allylic oxidation sites excluding steroid dienone is 1. The number of thioether (sulfide) groups is 1. The fourth-order valence-corrected chi connectivity index (χ4v) is 4.66. The van der Waals surface area contributed by atoms with E-state index in [-0.39, 0.29) is 5.41 Å². The molecule has 0 spiro atoms. The van der Waals surface area contributed by atoms with Crippen LogP contribution in [0.3, 0.4) is 0 Å². The summed E-state index contributed by atoms with van der Waals surface area (Å²) in [6.07, 6.45) is 0. The van der Waals surface area contributed by atoms with Crippen molar-refractivity contribution in [1.29, 1.82) is 5.26 Å². The number of morpholine rings is 1. The third kappa shape index (κ3) is 5.00. The molecule has 1 aromatic carbocycles. The van der Waals surface area contributed by atoms with Crippen LogP contribution in [0.25, 0.3) is 5.70 Å². The van der Waals surface area contributed by atoms with Gasteiger partial charge in [0.15, 0.2) is 11.5 Å². The van der Waals surface area contributed by atoms with E-state index < -0.39 is 0 Å². The van der Waals surface area contributed by atoms with Crippen LogP contribution in [-0.4, -0.2) is 63.8 Å². The molecule has 158 valence electrons. The van der Waals surface area contributed by atoms with Gasteiger partial charge in [-0.2, -0.15) is 5.26 Å². The van der Waals surface area contributed by atoms with Crippen LogP contribution in [-0.2, 0) is 10.2 Å². The molecule has 6 nitrogen and oxygen atoms in total. The molecular weight excluding hydrogens is 386 g/mol. The molecule has 0 amide bonds. The maximum absolute atomic E-state index is 9.88. The first kappa shape index (κ1) is 21.8. The van der Waals surface area contributed by atoms with Gasteiger partial charge in [0, 0.05) is 42.9 Å². The molecule has 3 rings (SSSR count). The molecule has 0 bridgehead atoms. The monoisotopic (exact) mass is 417 g/mol. The summed E-state index contributed by atoms with van der Waals surface area (Å²) in [4.78, 5) is 3.11. The Kier molecular flexibility index (Phi) is 7.33. The van der Waals surface area contributed by atoms with Crippen molar-refractivity contribution >= 4 is 17.5 Å². The lowest BCUT2D eigenvalue weighted by Gasteiger charge is -2.36. The standard InChI is InChI=1S/C22H31N3O3S/c1-5-28-19-13-17-16(12-18(19)26-4)21(24-15-22(17,2)3)20(14-23)29-11-8-25-6-9-27-10-7-25/h12-13,24H,5-11,15H2,1-4H3/b21-20-. The van der Waals surface area contributed by atoms with Gasteiger partial charge in [-0.05, 0) is 24.6 Å². The van der Waals surface area contributed by atoms with Crippen LogP contribution in [0.4, 0.5) is 0 Å². The number of hydrogen-bond donors (Lipinski definition) is 1. The molecule has 29 heavy (non-hydrogen) atoms. The summed E-state index contributed by atoms with van der Waals surface area (Å²) >= 11 is 1.61. The highest BCUT2D eigenvalue weighted by molar-refractivity contribution is 8.03. The molecule has 0 aliphatic carbocycles. The highest BCUT2D eigenvalue weighted by atomic mass is 32.2. The zero-order chi connectivity index (χ0) is 20.9. The highest BCUT2D eigenvalue weighted by Crippen LogP contribution is 2.43. The topological polar surface area (TPSA) is 66.8 Å². The molecule has 0 aromatic heterocycles. The van der Waals surface area contributed by atoms with Crippen molar-refractivity contribution in [3.05, 3.63) is 28.2 Å². The van der Waals surface area contributed by atoms with Crippen LogP contribution < -0.4 is 14.8 Å². The minimum Gasteiger partial charge on any atom is -0.493 e. The van der Waals surface area contributed by atoms with Crippen molar-refractivity contribution in [1.82, 2.24) is 10.2 Å². The van der Waals surface area contributed by atoms with E-state index in [2.05, 4.69) is 36.2 Å². The Labute approximate surface area is 178 Å². The summed E-state index contributed by atoms with van der Waals surface area (Å²) in [5.41, 5.74) is 3.03. The van der Waals surface area contributed by atoms with Crippen LogP contribution in [0.1, 0.15) is 31.9 Å². The van der Waals surface area contributed by atoms with Crippen molar-refractivity contribution < 1.29 is 14.2 Å². The van der Waals surface area contributed by atoms with Crippen molar-refractivity contribution in [3.8, 4) is 17.6 Å². The Morgan fingerprint density at radius 3 is 2.72 bits per heavy atom. The van der Waals surface area contributed by atoms with Gasteiger partial charge in [0.05, 0.1) is 32.6 Å². The van der Waals surface area contributed by atoms with Gasteiger partial charge in [0.1, 0.15) is 11.0 Å². The first-order valence-electron chi connectivity index (χ1n) is 10.2. The molecule has 0 atom stereocenters. The lowest BCUT2D eigenvalue weighted by Crippen LogP contribution is -2.38. The van der Waals surface area contributed by atoms with Gasteiger partial charge >= 0.3 is 0 Å². The second kappa shape index (κ2) is 9.75. The number of fused-ring (bicyclic) bond motifs is 1. The van der Waals surface area contributed by atoms with Crippen LogP contribution in [0, 0.1) is 11.3 Å². The number of nitrogens with zero attached hydrogens (tertiary/aromatic N) is 2. The van der Waals surface area contributed by atoms with Crippen molar-refractivity contribution in [2.45, 2.75) is 26.2 Å². The van der Waals surface area contributed by atoms with Crippen LogP contribution in [0.2, 0.25) is 0 Å². The summed E-state index contributed by atoms with van der Waals surface area (Å²) in [5, 5.41) is 13.4. The van der Waals surface area contributed by atoms with E-state index in [4.69, 9.17) is 14.2 Å². The van der Waals surface area contributed by atoms with Gasteiger partial charge in [0.25, 0.3) is 0 Å². The fraction of sp³-hybridized carbons (Fsp3) is 0.591. The second-order valence-corrected chi connectivity index (χ2v) is 8.94. The molecule has 2 heterocycles. The van der Waals surface area contributed by atoms with Crippen LogP contribution in [0.5, 0.6) is 11.5 Å². The Balaban J connectivity index is 1.89. The first-order valence-corrected chi connectivity index (χ1v) is 11.2. The molecule has 0 unspecified atom stereocenters. The molecule has 1 fully saturated rings. The Hall–Kier alpha value is -1.88. The fourth-order valence-electron chi connectivity index (χ4n) is 3.72. The summed E-state index contributed by atoms with van der Waals surface area (Å²) in [5.74, 6) is 2.32. The zero-order valence-corrected chi connectivity index (χ0v) is 18.7. The molecule has 0 saturated carbocycles. The number of benzene rings is 1. The molecule has 7 heteroatoms. The van der Waals surface area contributed by atoms with Gasteiger partial charge in [-0.15, -0.1) is 11.8 Å². The molecule has 1 aromatic rings. The van der Waals surface area contributed by atoms with E-state index in [0.29, 0.717) is 12.4 Å². The van der Waals surface area contributed by atoms with E-state index in [1.807, 2.05) is 13.0 Å². The van der Waals surface area contributed by atoms with Crippen molar-refractivity contribution in [3.63, 3.8) is 0 Å². The maximum atomic E-state index is 9.88. The predicted molar refractivity (Wildman–Crippen MR) is 117 cm³/mol. The Morgan fingerprint density at radius 2 is 2.07 bits per heavy atom. The normalized spacial score (nSPS) is 20.2. The van der Waals surface area contributed by atoms with Crippen molar-refractivity contribution in [2.75, 3.05) is 58.9 Å². The highest BCUT2D eigenvalue weighted by Gasteiger charge is 2.33. The van der Waals surface area contributed by atoms with Gasteiger partial charge in [-0.3, -0.25) is 4.90 Å². The Morgan fingerprint density at radius 1 is 1.31 bits per heavy atom. The summed E-state index contributed by atoms with van der Waals surface area (Å²) in [7, 11) is 1.65. The SMILES string of the molecule is CCOc1cc2c(cc1OC)/C(=C(\C#N)SCCN1CCOCC1)NCC2(C)C. The number of nitriles is 1. The summed E-state index contributed by atoms with van der Waals surface area (Å²) in [6.45, 7) is 12.2. The number of ether oxygens (including phenoxy) is 3. The lowest BCUT2D eigenvalue weighted by atomic mass is 9.78. The third-order valence-electron chi connectivity index (χ3n) is 5.40. The van der Waals surface area contributed by atoms with Gasteiger partial charge in [-0.1, -0.05) is 13.8 Å². The average molecular weight is 418 g/mol. The van der Waals surface area contributed by atoms with E-state index in [9.17, 15) is 5.26 Å². The van der Waals surface area contributed by atoms with Gasteiger partial charge in [-0.25, -0.2) is 0 Å². The number of nitrogens with one attached hydrogen (secondary N) is 1. The second-order valence-electron chi connectivity index (χ2n) is 7.84. The molecular formula is C22H31N3O3S. The maximum Gasteiger partial charge on any atom is 0.161 e. The van der Waals surface area contributed by atoms with Gasteiger partial charge in [0.2, 0.25) is 0 Å². The quantitative estimate of drug-likeness (QED) is 0.683. The zero-order valence-electron chi connectivity index (χ0n) is 17.8.